The number of hydrogen-bond donors (Lipinski definition) is 2. The molecule has 0 spiro atoms. The molecule has 26 heavy (non-hydrogen) atoms. The van der Waals surface area contributed by atoms with Gasteiger partial charge in [-0.05, 0) is 30.0 Å². The summed E-state index contributed by atoms with van der Waals surface area (Å²) in [6.45, 7) is 3.70. The molecular weight excluding hydrogens is 348 g/mol. The van der Waals surface area contributed by atoms with Crippen LogP contribution in [-0.2, 0) is 11.2 Å². The lowest BCUT2D eigenvalue weighted by Gasteiger charge is -2.34. The zero-order valence-corrected chi connectivity index (χ0v) is 15.5. The second-order valence-electron chi connectivity index (χ2n) is 6.24. The van der Waals surface area contributed by atoms with Crippen LogP contribution in [0.5, 0.6) is 0 Å². The van der Waals surface area contributed by atoms with E-state index < -0.39 is 0 Å². The van der Waals surface area contributed by atoms with Gasteiger partial charge in [0, 0.05) is 43.3 Å². The van der Waals surface area contributed by atoms with E-state index in [0.717, 1.165) is 12.1 Å². The third kappa shape index (κ3) is 5.57. The van der Waals surface area contributed by atoms with Crippen LogP contribution in [0.25, 0.3) is 0 Å². The van der Waals surface area contributed by atoms with Gasteiger partial charge in [-0.1, -0.05) is 24.3 Å². The quantitative estimate of drug-likeness (QED) is 0.817. The number of nitrogens with one attached hydrogen (secondary N) is 2. The summed E-state index contributed by atoms with van der Waals surface area (Å²) in [5.74, 6) is -0.0231. The van der Waals surface area contributed by atoms with Crippen LogP contribution < -0.4 is 10.6 Å². The third-order valence-electron chi connectivity index (χ3n) is 4.31. The Bertz CT molecular complexity index is 698. The molecule has 6 nitrogen and oxygen atoms in total. The van der Waals surface area contributed by atoms with Crippen LogP contribution >= 0.6 is 11.3 Å². The summed E-state index contributed by atoms with van der Waals surface area (Å²) in [6.07, 6.45) is 0.864. The first kappa shape index (κ1) is 18.4. The summed E-state index contributed by atoms with van der Waals surface area (Å²) < 4.78 is 0. The minimum Gasteiger partial charge on any atom is -0.338 e. The summed E-state index contributed by atoms with van der Waals surface area (Å²) >= 11 is 1.71. The first-order valence-corrected chi connectivity index (χ1v) is 9.71. The molecule has 2 N–H and O–H groups in total. The van der Waals surface area contributed by atoms with Crippen LogP contribution in [0.1, 0.15) is 4.88 Å². The average molecular weight is 372 g/mol. The number of hydrogen-bond acceptors (Lipinski definition) is 4. The Labute approximate surface area is 157 Å². The van der Waals surface area contributed by atoms with E-state index in [1.807, 2.05) is 46.7 Å². The van der Waals surface area contributed by atoms with Gasteiger partial charge in [0.05, 0.1) is 6.54 Å². The predicted octanol–water partition coefficient (Wildman–Crippen LogP) is 2.26. The highest BCUT2D eigenvalue weighted by Crippen LogP contribution is 2.09. The summed E-state index contributed by atoms with van der Waals surface area (Å²) in [5, 5.41) is 7.91. The van der Waals surface area contributed by atoms with Crippen molar-refractivity contribution < 1.29 is 9.59 Å². The van der Waals surface area contributed by atoms with E-state index in [-0.39, 0.29) is 11.9 Å². The van der Waals surface area contributed by atoms with Gasteiger partial charge < -0.3 is 15.5 Å². The lowest BCUT2D eigenvalue weighted by molar-refractivity contribution is -0.117. The van der Waals surface area contributed by atoms with Crippen LogP contribution in [0, 0.1) is 0 Å². The van der Waals surface area contributed by atoms with Crippen molar-refractivity contribution >= 4 is 29.0 Å². The SMILES string of the molecule is O=C(CN1CCN(C(=O)NCCc2cccs2)CC1)Nc1ccccc1. The highest BCUT2D eigenvalue weighted by Gasteiger charge is 2.22. The highest BCUT2D eigenvalue weighted by atomic mass is 32.1. The molecule has 1 aromatic heterocycles. The van der Waals surface area contributed by atoms with Gasteiger partial charge in [0.1, 0.15) is 0 Å². The van der Waals surface area contributed by atoms with Crippen molar-refractivity contribution in [3.63, 3.8) is 0 Å². The molecule has 3 amide bonds. The van der Waals surface area contributed by atoms with Crippen molar-refractivity contribution in [2.45, 2.75) is 6.42 Å². The number of thiophene rings is 1. The first-order chi connectivity index (χ1) is 12.7. The van der Waals surface area contributed by atoms with Gasteiger partial charge in [-0.3, -0.25) is 9.69 Å². The van der Waals surface area contributed by atoms with Gasteiger partial charge >= 0.3 is 6.03 Å². The number of amides is 3. The average Bonchev–Trinajstić information content (AvgIpc) is 3.16. The van der Waals surface area contributed by atoms with Gasteiger partial charge in [0.15, 0.2) is 0 Å². The number of piperazine rings is 1. The highest BCUT2D eigenvalue weighted by molar-refractivity contribution is 7.09. The Morgan fingerprint density at radius 1 is 1.00 bits per heavy atom. The van der Waals surface area contributed by atoms with Crippen molar-refractivity contribution in [1.82, 2.24) is 15.1 Å². The lowest BCUT2D eigenvalue weighted by atomic mass is 10.3. The predicted molar refractivity (Wildman–Crippen MR) is 105 cm³/mol. The molecule has 0 bridgehead atoms. The number of nitrogens with zero attached hydrogens (tertiary/aromatic N) is 2. The van der Waals surface area contributed by atoms with Crippen LogP contribution in [0.4, 0.5) is 10.5 Å². The van der Waals surface area contributed by atoms with E-state index in [0.29, 0.717) is 39.3 Å². The molecule has 0 radical (unpaired) electrons. The zero-order chi connectivity index (χ0) is 18.2. The third-order valence-corrected chi connectivity index (χ3v) is 5.25. The normalized spacial score (nSPS) is 14.8. The van der Waals surface area contributed by atoms with Gasteiger partial charge in [0.25, 0.3) is 0 Å². The number of carbonyl (C=O) groups excluding carboxylic acids is 2. The van der Waals surface area contributed by atoms with Gasteiger partial charge in [-0.15, -0.1) is 11.3 Å². The topological polar surface area (TPSA) is 64.7 Å². The molecule has 1 aliphatic rings. The number of benzene rings is 1. The Morgan fingerprint density at radius 3 is 2.46 bits per heavy atom. The van der Waals surface area contributed by atoms with E-state index >= 15 is 0 Å². The molecule has 3 rings (SSSR count). The lowest BCUT2D eigenvalue weighted by Crippen LogP contribution is -2.53. The smallest absolute Gasteiger partial charge is 0.317 e. The van der Waals surface area contributed by atoms with E-state index in [1.165, 1.54) is 4.88 Å². The molecule has 1 aliphatic heterocycles. The number of anilines is 1. The fourth-order valence-corrected chi connectivity index (χ4v) is 3.60. The fourth-order valence-electron chi connectivity index (χ4n) is 2.89. The molecule has 1 saturated heterocycles. The number of urea groups is 1. The van der Waals surface area contributed by atoms with Gasteiger partial charge in [0.2, 0.25) is 5.91 Å². The molecule has 1 aromatic carbocycles. The maximum absolute atomic E-state index is 12.2. The van der Waals surface area contributed by atoms with Crippen molar-refractivity contribution in [2.24, 2.45) is 0 Å². The molecular formula is C19H24N4O2S. The van der Waals surface area contributed by atoms with Gasteiger partial charge in [-0.25, -0.2) is 4.79 Å². The molecule has 2 heterocycles. The van der Waals surface area contributed by atoms with Crippen LogP contribution in [-0.4, -0.2) is 61.0 Å². The summed E-state index contributed by atoms with van der Waals surface area (Å²) in [6, 6.07) is 13.5. The minimum atomic E-state index is -0.0231. The van der Waals surface area contributed by atoms with Crippen molar-refractivity contribution in [3.8, 4) is 0 Å². The fraction of sp³-hybridized carbons (Fsp3) is 0.368. The standard InChI is InChI=1S/C19H24N4O2S/c24-18(21-16-5-2-1-3-6-16)15-22-10-12-23(13-11-22)19(25)20-9-8-17-7-4-14-26-17/h1-7,14H,8-13,15H2,(H,20,25)(H,21,24). The van der Waals surface area contributed by atoms with Gasteiger partial charge in [-0.2, -0.15) is 0 Å². The Morgan fingerprint density at radius 2 is 1.77 bits per heavy atom. The Kier molecular flexibility index (Phi) is 6.62. The van der Waals surface area contributed by atoms with Crippen molar-refractivity contribution in [1.29, 1.82) is 0 Å². The van der Waals surface area contributed by atoms with Crippen LogP contribution in [0.3, 0.4) is 0 Å². The Hall–Kier alpha value is -2.38. The minimum absolute atomic E-state index is 0.0186. The van der Waals surface area contributed by atoms with Crippen molar-refractivity contribution in [3.05, 3.63) is 52.7 Å². The number of para-hydroxylation sites is 1. The summed E-state index contributed by atoms with van der Waals surface area (Å²) in [5.41, 5.74) is 0.807. The van der Waals surface area contributed by atoms with Crippen molar-refractivity contribution in [2.75, 3.05) is 44.6 Å². The van der Waals surface area contributed by atoms with E-state index in [2.05, 4.69) is 21.6 Å². The van der Waals surface area contributed by atoms with E-state index in [4.69, 9.17) is 0 Å². The van der Waals surface area contributed by atoms with E-state index in [9.17, 15) is 9.59 Å². The zero-order valence-electron chi connectivity index (χ0n) is 14.7. The Balaban J connectivity index is 1.34. The number of rotatable bonds is 6. The molecule has 1 fully saturated rings. The summed E-state index contributed by atoms with van der Waals surface area (Å²) in [7, 11) is 0. The summed E-state index contributed by atoms with van der Waals surface area (Å²) in [4.78, 5) is 29.5. The molecule has 7 heteroatoms. The van der Waals surface area contributed by atoms with Crippen LogP contribution in [0.15, 0.2) is 47.8 Å². The number of carbonyl (C=O) groups is 2. The molecule has 0 atom stereocenters. The molecule has 2 aromatic rings. The monoisotopic (exact) mass is 372 g/mol. The molecule has 0 saturated carbocycles. The van der Waals surface area contributed by atoms with Crippen LogP contribution in [0.2, 0.25) is 0 Å². The van der Waals surface area contributed by atoms with E-state index in [1.54, 1.807) is 11.3 Å². The second kappa shape index (κ2) is 9.35. The molecule has 0 aliphatic carbocycles. The first-order valence-electron chi connectivity index (χ1n) is 8.83. The molecule has 138 valence electrons. The maximum Gasteiger partial charge on any atom is 0.317 e. The molecule has 0 unspecified atom stereocenters. The second-order valence-corrected chi connectivity index (χ2v) is 7.27. The maximum atomic E-state index is 12.2. The largest absolute Gasteiger partial charge is 0.338 e.